The van der Waals surface area contributed by atoms with E-state index >= 15 is 0 Å². The van der Waals surface area contributed by atoms with E-state index in [2.05, 4.69) is 4.98 Å². The standard InChI is InChI=1S/C9H14N2O2/c1-2-7(10)9-8(13)4-3-6(5-12)11-9/h3-4,7,12-13H,2,5,10H2,1H3/t7-/m0/s1. The van der Waals surface area contributed by atoms with Crippen LogP contribution in [-0.4, -0.2) is 15.2 Å². The van der Waals surface area contributed by atoms with Crippen molar-refractivity contribution in [3.05, 3.63) is 23.5 Å². The summed E-state index contributed by atoms with van der Waals surface area (Å²) in [5.74, 6) is 0.0894. The van der Waals surface area contributed by atoms with E-state index in [1.165, 1.54) is 6.07 Å². The molecule has 1 rings (SSSR count). The van der Waals surface area contributed by atoms with Crippen LogP contribution in [-0.2, 0) is 6.61 Å². The van der Waals surface area contributed by atoms with Crippen molar-refractivity contribution in [2.75, 3.05) is 0 Å². The van der Waals surface area contributed by atoms with E-state index in [9.17, 15) is 5.11 Å². The van der Waals surface area contributed by atoms with Gasteiger partial charge in [-0.1, -0.05) is 6.92 Å². The third kappa shape index (κ3) is 2.17. The van der Waals surface area contributed by atoms with Crippen LogP contribution in [0.5, 0.6) is 5.75 Å². The molecule has 0 aliphatic carbocycles. The second kappa shape index (κ2) is 4.20. The molecule has 13 heavy (non-hydrogen) atoms. The number of aliphatic hydroxyl groups excluding tert-OH is 1. The Bertz CT molecular complexity index is 289. The maximum Gasteiger partial charge on any atom is 0.138 e. The van der Waals surface area contributed by atoms with Crippen molar-refractivity contribution in [2.24, 2.45) is 5.73 Å². The highest BCUT2D eigenvalue weighted by Gasteiger charge is 2.10. The van der Waals surface area contributed by atoms with Gasteiger partial charge in [0.1, 0.15) is 5.75 Å². The maximum atomic E-state index is 9.41. The van der Waals surface area contributed by atoms with Gasteiger partial charge in [-0.15, -0.1) is 0 Å². The smallest absolute Gasteiger partial charge is 0.138 e. The third-order valence-electron chi connectivity index (χ3n) is 1.91. The van der Waals surface area contributed by atoms with E-state index in [1.54, 1.807) is 6.07 Å². The van der Waals surface area contributed by atoms with Crippen LogP contribution < -0.4 is 5.73 Å². The topological polar surface area (TPSA) is 79.4 Å². The Morgan fingerprint density at radius 2 is 2.23 bits per heavy atom. The lowest BCUT2D eigenvalue weighted by Crippen LogP contribution is -2.11. The molecule has 1 atom stereocenters. The minimum absolute atomic E-state index is 0.0894. The van der Waals surface area contributed by atoms with E-state index in [0.717, 1.165) is 0 Å². The van der Waals surface area contributed by atoms with Crippen molar-refractivity contribution >= 4 is 0 Å². The summed E-state index contributed by atoms with van der Waals surface area (Å²) in [5.41, 5.74) is 6.69. The molecule has 0 amide bonds. The molecule has 4 N–H and O–H groups in total. The number of aromatic nitrogens is 1. The van der Waals surface area contributed by atoms with Gasteiger partial charge in [0.05, 0.1) is 24.0 Å². The SMILES string of the molecule is CC[C@H](N)c1nc(CO)ccc1O. The van der Waals surface area contributed by atoms with Gasteiger partial charge in [0, 0.05) is 0 Å². The first kappa shape index (κ1) is 9.95. The molecule has 0 radical (unpaired) electrons. The molecule has 0 saturated carbocycles. The highest BCUT2D eigenvalue weighted by molar-refractivity contribution is 5.30. The van der Waals surface area contributed by atoms with Crippen LogP contribution in [0.4, 0.5) is 0 Å². The molecular weight excluding hydrogens is 168 g/mol. The predicted octanol–water partition coefficient (Wildman–Crippen LogP) is 0.689. The second-order valence-corrected chi connectivity index (χ2v) is 2.88. The minimum atomic E-state index is -0.272. The van der Waals surface area contributed by atoms with Crippen molar-refractivity contribution in [1.82, 2.24) is 4.98 Å². The largest absolute Gasteiger partial charge is 0.506 e. The summed E-state index contributed by atoms with van der Waals surface area (Å²) in [6.45, 7) is 1.78. The molecule has 1 heterocycles. The van der Waals surface area contributed by atoms with E-state index in [1.807, 2.05) is 6.92 Å². The van der Waals surface area contributed by atoms with Gasteiger partial charge in [-0.25, -0.2) is 4.98 Å². The summed E-state index contributed by atoms with van der Waals surface area (Å²) in [7, 11) is 0. The number of aliphatic hydroxyl groups is 1. The van der Waals surface area contributed by atoms with Crippen LogP contribution in [0.15, 0.2) is 12.1 Å². The first-order chi connectivity index (χ1) is 6.19. The zero-order chi connectivity index (χ0) is 9.84. The number of hydrogen-bond donors (Lipinski definition) is 3. The quantitative estimate of drug-likeness (QED) is 0.642. The molecule has 0 aromatic carbocycles. The molecule has 0 aliphatic rings. The number of aromatic hydroxyl groups is 1. The van der Waals surface area contributed by atoms with Gasteiger partial charge in [-0.2, -0.15) is 0 Å². The monoisotopic (exact) mass is 182 g/mol. The summed E-state index contributed by atoms with van der Waals surface area (Å²) in [6, 6.07) is 2.80. The first-order valence-electron chi connectivity index (χ1n) is 4.24. The normalized spacial score (nSPS) is 12.8. The van der Waals surface area contributed by atoms with E-state index in [4.69, 9.17) is 10.8 Å². The number of hydrogen-bond acceptors (Lipinski definition) is 4. The van der Waals surface area contributed by atoms with Crippen molar-refractivity contribution in [2.45, 2.75) is 26.0 Å². The third-order valence-corrected chi connectivity index (χ3v) is 1.91. The zero-order valence-corrected chi connectivity index (χ0v) is 7.57. The van der Waals surface area contributed by atoms with Crippen LogP contribution in [0.1, 0.15) is 30.8 Å². The van der Waals surface area contributed by atoms with Crippen molar-refractivity contribution in [1.29, 1.82) is 0 Å². The molecule has 0 fully saturated rings. The summed E-state index contributed by atoms with van der Waals surface area (Å²) in [4.78, 5) is 4.04. The highest BCUT2D eigenvalue weighted by Crippen LogP contribution is 2.22. The van der Waals surface area contributed by atoms with Gasteiger partial charge in [-0.3, -0.25) is 0 Å². The minimum Gasteiger partial charge on any atom is -0.506 e. The Balaban J connectivity index is 3.03. The Morgan fingerprint density at radius 3 is 2.77 bits per heavy atom. The molecule has 1 aromatic rings. The summed E-state index contributed by atoms with van der Waals surface area (Å²) < 4.78 is 0. The van der Waals surface area contributed by atoms with E-state index in [0.29, 0.717) is 17.8 Å². The first-order valence-corrected chi connectivity index (χ1v) is 4.24. The molecule has 1 aromatic heterocycles. The highest BCUT2D eigenvalue weighted by atomic mass is 16.3. The average molecular weight is 182 g/mol. The fraction of sp³-hybridized carbons (Fsp3) is 0.444. The van der Waals surface area contributed by atoms with E-state index < -0.39 is 0 Å². The molecular formula is C9H14N2O2. The molecule has 0 unspecified atom stereocenters. The molecule has 0 bridgehead atoms. The van der Waals surface area contributed by atoms with Gasteiger partial charge < -0.3 is 15.9 Å². The number of nitrogens with zero attached hydrogens (tertiary/aromatic N) is 1. The van der Waals surface area contributed by atoms with Crippen LogP contribution in [0.3, 0.4) is 0 Å². The summed E-state index contributed by atoms with van der Waals surface area (Å²) >= 11 is 0. The van der Waals surface area contributed by atoms with Gasteiger partial charge in [0.25, 0.3) is 0 Å². The lowest BCUT2D eigenvalue weighted by atomic mass is 10.1. The number of nitrogens with two attached hydrogens (primary N) is 1. The molecule has 4 heteroatoms. The van der Waals surface area contributed by atoms with Crippen molar-refractivity contribution in [3.63, 3.8) is 0 Å². The average Bonchev–Trinajstić information content (AvgIpc) is 2.17. The van der Waals surface area contributed by atoms with Crippen molar-refractivity contribution < 1.29 is 10.2 Å². The van der Waals surface area contributed by atoms with Gasteiger partial charge in [0.15, 0.2) is 0 Å². The van der Waals surface area contributed by atoms with Crippen LogP contribution in [0.2, 0.25) is 0 Å². The van der Waals surface area contributed by atoms with Crippen LogP contribution in [0, 0.1) is 0 Å². The zero-order valence-electron chi connectivity index (χ0n) is 7.57. The van der Waals surface area contributed by atoms with Crippen molar-refractivity contribution in [3.8, 4) is 5.75 Å². The fourth-order valence-electron chi connectivity index (χ4n) is 1.06. The fourth-order valence-corrected chi connectivity index (χ4v) is 1.06. The van der Waals surface area contributed by atoms with Crippen LogP contribution in [0.25, 0.3) is 0 Å². The molecule has 4 nitrogen and oxygen atoms in total. The summed E-state index contributed by atoms with van der Waals surface area (Å²) in [5, 5.41) is 18.2. The molecule has 0 spiro atoms. The molecule has 72 valence electrons. The lowest BCUT2D eigenvalue weighted by molar-refractivity contribution is 0.276. The Kier molecular flexibility index (Phi) is 3.22. The maximum absolute atomic E-state index is 9.41. The van der Waals surface area contributed by atoms with E-state index in [-0.39, 0.29) is 18.4 Å². The summed E-state index contributed by atoms with van der Waals surface area (Å²) in [6.07, 6.45) is 0.704. The lowest BCUT2D eigenvalue weighted by Gasteiger charge is -2.10. The predicted molar refractivity (Wildman–Crippen MR) is 49.0 cm³/mol. The second-order valence-electron chi connectivity index (χ2n) is 2.88. The Labute approximate surface area is 77.0 Å². The number of pyridine rings is 1. The van der Waals surface area contributed by atoms with Gasteiger partial charge in [0.2, 0.25) is 0 Å². The van der Waals surface area contributed by atoms with Crippen LogP contribution >= 0.6 is 0 Å². The van der Waals surface area contributed by atoms with Gasteiger partial charge >= 0.3 is 0 Å². The molecule has 0 saturated heterocycles. The van der Waals surface area contributed by atoms with Gasteiger partial charge in [-0.05, 0) is 18.6 Å². The number of rotatable bonds is 3. The Morgan fingerprint density at radius 1 is 1.54 bits per heavy atom. The molecule has 0 aliphatic heterocycles. The Hall–Kier alpha value is -1.13.